The van der Waals surface area contributed by atoms with E-state index in [0.717, 1.165) is 0 Å². The van der Waals surface area contributed by atoms with E-state index in [0.29, 0.717) is 0 Å². The number of aliphatic hydroxyl groups is 1. The summed E-state index contributed by atoms with van der Waals surface area (Å²) in [6.45, 7) is 0. The summed E-state index contributed by atoms with van der Waals surface area (Å²) in [4.78, 5) is 0. The zero-order chi connectivity index (χ0) is 2.71. The summed E-state index contributed by atoms with van der Waals surface area (Å²) in [6, 6.07) is -0.278. The molecule has 0 fully saturated rings. The molecule has 0 rings (SSSR count). The molecule has 0 aromatic carbocycles. The van der Waals surface area contributed by atoms with E-state index in [1.807, 2.05) is 0 Å². The van der Waals surface area contributed by atoms with Crippen molar-refractivity contribution in [1.82, 2.24) is 0 Å². The molecule has 1 N–H and O–H groups in total. The van der Waals surface area contributed by atoms with Gasteiger partial charge in [-0.2, -0.15) is 0 Å². The zero-order valence-corrected chi connectivity index (χ0v) is 3.53. The van der Waals surface area contributed by atoms with Crippen LogP contribution in [0.5, 0.6) is 0 Å². The minimum atomic E-state index is -0.278. The van der Waals surface area contributed by atoms with Gasteiger partial charge in [-0.3, -0.25) is 0 Å². The monoisotopic (exact) mass is 129 g/mol. The Hall–Kier alpha value is 0.769. The van der Waals surface area contributed by atoms with E-state index in [4.69, 9.17) is 5.11 Å². The van der Waals surface area contributed by atoms with Crippen LogP contribution in [0, 0.1) is 0 Å². The fourth-order valence-electron chi connectivity index (χ4n) is 0. The van der Waals surface area contributed by atoms with Crippen LogP contribution in [0.4, 0.5) is 0 Å². The number of rotatable bonds is 0. The summed E-state index contributed by atoms with van der Waals surface area (Å²) in [7, 11) is 0. The van der Waals surface area contributed by atoms with Crippen molar-refractivity contribution in [2.45, 2.75) is 0 Å². The van der Waals surface area contributed by atoms with Crippen LogP contribution in [-0.4, -0.2) is 11.2 Å². The number of hydrogen-bond acceptors (Lipinski definition) is 1. The Balaban J connectivity index is 0. The van der Waals surface area contributed by atoms with Crippen LogP contribution in [0.3, 0.4) is 0 Å². The van der Waals surface area contributed by atoms with Gasteiger partial charge in [0.05, 0.1) is 0 Å². The van der Waals surface area contributed by atoms with Crippen LogP contribution in [-0.2, 0) is 17.1 Å². The van der Waals surface area contributed by atoms with Crippen molar-refractivity contribution in [3.63, 3.8) is 0 Å². The summed E-state index contributed by atoms with van der Waals surface area (Å²) in [5, 5.41) is 7.33. The van der Waals surface area contributed by atoms with Gasteiger partial charge >= 0.3 is 0 Å². The molecular weight excluding hydrogens is 127 g/mol. The van der Waals surface area contributed by atoms with Gasteiger partial charge in [-0.15, -0.1) is 0 Å². The van der Waals surface area contributed by atoms with Gasteiger partial charge in [0.1, 0.15) is 6.07 Å². The first kappa shape index (κ1) is 8.84. The van der Waals surface area contributed by atoms with Crippen LogP contribution >= 0.6 is 11.6 Å². The van der Waals surface area contributed by atoms with Gasteiger partial charge in [0.25, 0.3) is 0 Å². The number of alkyl halides is 1. The number of aliphatic hydroxyl groups excluding tert-OH is 1. The minimum absolute atomic E-state index is 0. The molecule has 0 spiro atoms. The first-order valence-corrected chi connectivity index (χ1v) is 1.12. The molecule has 3 heteroatoms. The van der Waals surface area contributed by atoms with Crippen molar-refractivity contribution in [3.8, 4) is 0 Å². The molecule has 0 aromatic rings. The van der Waals surface area contributed by atoms with Crippen molar-refractivity contribution in [3.05, 3.63) is 0 Å². The molecule has 1 nitrogen and oxygen atoms in total. The van der Waals surface area contributed by atoms with Crippen molar-refractivity contribution >= 4 is 11.6 Å². The van der Waals surface area contributed by atoms with Gasteiger partial charge < -0.3 is 5.11 Å². The summed E-state index contributed by atoms with van der Waals surface area (Å²) < 4.78 is 0. The molecule has 0 aliphatic carbocycles. The van der Waals surface area contributed by atoms with Gasteiger partial charge in [0.2, 0.25) is 0 Å². The van der Waals surface area contributed by atoms with E-state index in [-0.39, 0.29) is 23.1 Å². The average molecular weight is 130 g/mol. The first-order chi connectivity index (χ1) is 1.41. The Morgan fingerprint density at radius 3 is 1.75 bits per heavy atom. The standard InChI is InChI=1S/CH3ClO.Cu/c2-1-3;/h3H,1H2;. The van der Waals surface area contributed by atoms with Gasteiger partial charge in [0, 0.05) is 17.1 Å². The van der Waals surface area contributed by atoms with Crippen LogP contribution in [0.1, 0.15) is 0 Å². The molecule has 0 bridgehead atoms. The summed E-state index contributed by atoms with van der Waals surface area (Å²) in [6.07, 6.45) is 0. The van der Waals surface area contributed by atoms with E-state index < -0.39 is 0 Å². The SMILES string of the molecule is OCCl.[Cu]. The molecule has 0 aromatic heterocycles. The van der Waals surface area contributed by atoms with Gasteiger partial charge in [0.15, 0.2) is 0 Å². The van der Waals surface area contributed by atoms with E-state index >= 15 is 0 Å². The van der Waals surface area contributed by atoms with E-state index in [1.54, 1.807) is 0 Å². The molecule has 0 unspecified atom stereocenters. The Morgan fingerprint density at radius 1 is 1.75 bits per heavy atom. The Bertz CT molecular complexity index is 8.00. The minimum Gasteiger partial charge on any atom is -0.381 e. The Kier molecular flexibility index (Phi) is 20.4. The van der Waals surface area contributed by atoms with Crippen LogP contribution in [0.2, 0.25) is 0 Å². The fraction of sp³-hybridized carbons (Fsp3) is 1.00. The summed E-state index contributed by atoms with van der Waals surface area (Å²) in [5.41, 5.74) is 0. The molecule has 0 amide bonds. The quantitative estimate of drug-likeness (QED) is 0.366. The third-order valence-electron chi connectivity index (χ3n) is 0. The van der Waals surface area contributed by atoms with Crippen molar-refractivity contribution in [2.75, 3.05) is 6.07 Å². The predicted octanol–water partition coefficient (Wildman–Crippen LogP) is 0.172. The smallest absolute Gasteiger partial charge is 0.117 e. The summed E-state index contributed by atoms with van der Waals surface area (Å²) in [5.74, 6) is 0. The van der Waals surface area contributed by atoms with Crippen LogP contribution in [0.25, 0.3) is 0 Å². The largest absolute Gasteiger partial charge is 0.381 e. The second-order valence-electron chi connectivity index (χ2n) is 0.120. The van der Waals surface area contributed by atoms with Gasteiger partial charge in [-0.1, -0.05) is 11.6 Å². The van der Waals surface area contributed by atoms with Crippen molar-refractivity contribution < 1.29 is 22.2 Å². The normalized spacial score (nSPS) is 4.50. The second-order valence-corrected chi connectivity index (χ2v) is 0.359. The Labute approximate surface area is 40.4 Å². The van der Waals surface area contributed by atoms with E-state index in [1.165, 1.54) is 0 Å². The summed E-state index contributed by atoms with van der Waals surface area (Å²) >= 11 is 4.55. The third kappa shape index (κ3) is 14.6. The molecule has 31 valence electrons. The molecule has 4 heavy (non-hydrogen) atoms. The van der Waals surface area contributed by atoms with Crippen molar-refractivity contribution in [1.29, 1.82) is 0 Å². The fourth-order valence-corrected chi connectivity index (χ4v) is 0. The maximum atomic E-state index is 7.33. The second kappa shape index (κ2) is 9.23. The maximum Gasteiger partial charge on any atom is 0.117 e. The Morgan fingerprint density at radius 2 is 1.75 bits per heavy atom. The van der Waals surface area contributed by atoms with Gasteiger partial charge in [-0.25, -0.2) is 0 Å². The predicted molar refractivity (Wildman–Crippen MR) is 12.9 cm³/mol. The molecule has 0 aliphatic rings. The third-order valence-corrected chi connectivity index (χ3v) is 0. The average Bonchev–Trinajstić information content (AvgIpc) is 0.918. The molecule has 0 heterocycles. The molecule has 0 aliphatic heterocycles. The zero-order valence-electron chi connectivity index (χ0n) is 1.83. The number of halogens is 1. The molecule has 0 atom stereocenters. The number of hydrogen-bond donors (Lipinski definition) is 1. The van der Waals surface area contributed by atoms with Crippen molar-refractivity contribution in [2.24, 2.45) is 0 Å². The van der Waals surface area contributed by atoms with Crippen LogP contribution in [0.15, 0.2) is 0 Å². The molecule has 0 saturated carbocycles. The van der Waals surface area contributed by atoms with Crippen LogP contribution < -0.4 is 0 Å². The molecule has 0 saturated heterocycles. The molecular formula is CH3ClCuO. The van der Waals surface area contributed by atoms with Gasteiger partial charge in [-0.05, 0) is 0 Å². The molecule has 1 radical (unpaired) electrons. The topological polar surface area (TPSA) is 20.2 Å². The van der Waals surface area contributed by atoms with E-state index in [2.05, 4.69) is 11.6 Å². The first-order valence-electron chi connectivity index (χ1n) is 0.583. The maximum absolute atomic E-state index is 7.33. The van der Waals surface area contributed by atoms with E-state index in [9.17, 15) is 0 Å².